The molecule has 2 nitrogen and oxygen atoms in total. The molecule has 11 aromatic rings. The average molecular weight is 691 g/mol. The summed E-state index contributed by atoms with van der Waals surface area (Å²) in [6.45, 7) is 0. The summed E-state index contributed by atoms with van der Waals surface area (Å²) in [5.41, 5.74) is -6.65. The Balaban J connectivity index is 1.44. The Morgan fingerprint density at radius 2 is 0.923 bits per heavy atom. The number of fused-ring (bicyclic) bond motifs is 9. The minimum atomic E-state index is -0.981. The van der Waals surface area contributed by atoms with E-state index in [1.54, 1.807) is 0 Å². The smallest absolute Gasteiger partial charge is 0.0651 e. The van der Waals surface area contributed by atoms with Gasteiger partial charge in [-0.3, -0.25) is 0 Å². The van der Waals surface area contributed by atoms with E-state index in [-0.39, 0.29) is 0 Å². The SMILES string of the molecule is [2H]c1cc2c(c([2H])c1[2H])c1c3c4c([2H])c([2H])c([2H])c([2H])c4n(-c4c([2H])c([2H])c5c([2H])c([2H])c([2H])c([2H])c5c4[2H])c3c([2H])c([2H])c1n2-c1cc(-c2c([2H])c([2H])c3c([2H])c([2H])c([2H])c([2H])c3c2[2H])c([2H])c(-c2c([2H])c([2H])c([2H])c([2H])c2[2H])c1[2H]. The molecule has 0 saturated carbocycles. The lowest BCUT2D eigenvalue weighted by Crippen LogP contribution is -1.96. The predicted octanol–water partition coefficient (Wildman–Crippen LogP) is 13.5. The zero-order valence-corrected chi connectivity index (χ0v) is 26.0. The standard InChI is InChI=1S/C50H32N2/c1-2-12-33(13-3-1)39-29-40(38-23-22-34-14-4-6-16-36(34)28-38)32-42(31-39)52-46-21-11-9-19-44(46)50-48(52)27-26-47-49(50)43-18-8-10-20-45(43)51(47)41-25-24-35-15-5-7-17-37(35)30-41/h1-32H/i1D,2D,3D,4D,5D,6D,7D,8D,9D,10D,11D,12D,13D,14D,15D,16D,17D,18D,19D,20D,22D,23D,24D,25D,26D,27D,28D,29D,30D,31D. The summed E-state index contributed by atoms with van der Waals surface area (Å²) in [6.07, 6.45) is 0. The second-order valence-electron chi connectivity index (χ2n) is 11.4. The molecule has 9 aromatic carbocycles. The molecule has 0 unspecified atom stereocenters. The molecule has 0 amide bonds. The molecule has 2 aromatic heterocycles. The van der Waals surface area contributed by atoms with Crippen molar-refractivity contribution in [3.63, 3.8) is 0 Å². The number of hydrogen-bond donors (Lipinski definition) is 0. The molecular formula is C50H32N2. The molecule has 0 bridgehead atoms. The third kappa shape index (κ3) is 4.38. The number of rotatable bonds is 4. The molecule has 0 N–H and O–H groups in total. The van der Waals surface area contributed by atoms with Crippen molar-refractivity contribution in [1.29, 1.82) is 0 Å². The van der Waals surface area contributed by atoms with Crippen LogP contribution >= 0.6 is 0 Å². The molecular weight excluding hydrogens is 629 g/mol. The van der Waals surface area contributed by atoms with Crippen LogP contribution in [0.4, 0.5) is 0 Å². The van der Waals surface area contributed by atoms with Crippen LogP contribution in [0, 0.1) is 0 Å². The van der Waals surface area contributed by atoms with Gasteiger partial charge < -0.3 is 9.13 Å². The Labute approximate surface area is 343 Å². The van der Waals surface area contributed by atoms with Gasteiger partial charge in [0.1, 0.15) is 0 Å². The Hall–Kier alpha value is -6.90. The van der Waals surface area contributed by atoms with Crippen LogP contribution in [-0.2, 0) is 0 Å². The van der Waals surface area contributed by atoms with Gasteiger partial charge >= 0.3 is 0 Å². The molecule has 0 saturated heterocycles. The summed E-state index contributed by atoms with van der Waals surface area (Å²) >= 11 is 0. The monoisotopic (exact) mass is 690 g/mol. The van der Waals surface area contributed by atoms with E-state index in [1.807, 2.05) is 0 Å². The highest BCUT2D eigenvalue weighted by Crippen LogP contribution is 2.43. The third-order valence-corrected chi connectivity index (χ3v) is 8.59. The van der Waals surface area contributed by atoms with Gasteiger partial charge in [0.25, 0.3) is 0 Å². The van der Waals surface area contributed by atoms with E-state index in [0.717, 1.165) is 21.3 Å². The van der Waals surface area contributed by atoms with Crippen LogP contribution < -0.4 is 0 Å². The van der Waals surface area contributed by atoms with E-state index in [9.17, 15) is 15.1 Å². The molecule has 2 heterocycles. The maximum atomic E-state index is 10.0. The normalized spacial score (nSPS) is 19.9. The van der Waals surface area contributed by atoms with Crippen molar-refractivity contribution in [2.75, 3.05) is 0 Å². The van der Waals surface area contributed by atoms with Crippen molar-refractivity contribution in [2.24, 2.45) is 0 Å². The maximum Gasteiger partial charge on any atom is 0.0651 e. The first-order valence-electron chi connectivity index (χ1n) is 30.5. The van der Waals surface area contributed by atoms with Gasteiger partial charge in [-0.05, 0) is 104 Å². The van der Waals surface area contributed by atoms with Gasteiger partial charge in [0.05, 0.1) is 63.2 Å². The molecule has 0 aliphatic rings. The summed E-state index contributed by atoms with van der Waals surface area (Å²) in [6, 6.07) is -24.5. The number of nitrogens with zero attached hydrogens (tertiary/aromatic N) is 2. The van der Waals surface area contributed by atoms with E-state index in [0.29, 0.717) is 0 Å². The predicted molar refractivity (Wildman–Crippen MR) is 221 cm³/mol. The van der Waals surface area contributed by atoms with Crippen LogP contribution in [0.5, 0.6) is 0 Å². The van der Waals surface area contributed by atoms with Gasteiger partial charge in [-0.15, -0.1) is 0 Å². The zero-order valence-electron chi connectivity index (χ0n) is 56.0. The quantitative estimate of drug-likeness (QED) is 0.174. The Morgan fingerprint density at radius 3 is 1.69 bits per heavy atom. The molecule has 11 rings (SSSR count). The summed E-state index contributed by atoms with van der Waals surface area (Å²) in [5, 5.41) is -4.22. The van der Waals surface area contributed by atoms with Crippen molar-refractivity contribution in [2.45, 2.75) is 0 Å². The second-order valence-corrected chi connectivity index (χ2v) is 11.4. The Bertz CT molecular complexity index is 4890. The van der Waals surface area contributed by atoms with Gasteiger partial charge in [-0.1, -0.05) is 133 Å². The third-order valence-electron chi connectivity index (χ3n) is 8.59. The topological polar surface area (TPSA) is 9.86 Å². The minimum absolute atomic E-state index is 0.407. The van der Waals surface area contributed by atoms with E-state index in [4.69, 9.17) is 26.0 Å². The molecule has 2 heteroatoms. The highest BCUT2D eigenvalue weighted by Gasteiger charge is 2.21. The van der Waals surface area contributed by atoms with Crippen LogP contribution in [-0.4, -0.2) is 9.13 Å². The summed E-state index contributed by atoms with van der Waals surface area (Å²) in [4.78, 5) is 0. The van der Waals surface area contributed by atoms with Crippen LogP contribution in [0.1, 0.15) is 41.1 Å². The highest BCUT2D eigenvalue weighted by molar-refractivity contribution is 6.29. The largest absolute Gasteiger partial charge is 0.309 e. The molecule has 52 heavy (non-hydrogen) atoms. The summed E-state index contributed by atoms with van der Waals surface area (Å²) in [7, 11) is 0. The van der Waals surface area contributed by atoms with E-state index in [1.165, 1.54) is 0 Å². The number of benzene rings is 9. The lowest BCUT2D eigenvalue weighted by atomic mass is 9.96. The minimum Gasteiger partial charge on any atom is -0.309 e. The molecule has 0 spiro atoms. The first-order valence-corrected chi connectivity index (χ1v) is 15.5. The van der Waals surface area contributed by atoms with Crippen molar-refractivity contribution >= 4 is 65.2 Å². The molecule has 242 valence electrons. The molecule has 0 radical (unpaired) electrons. The molecule has 0 aliphatic carbocycles. The first kappa shape index (κ1) is 12.1. The van der Waals surface area contributed by atoms with Gasteiger partial charge in [0.15, 0.2) is 0 Å². The van der Waals surface area contributed by atoms with Gasteiger partial charge in [-0.25, -0.2) is 0 Å². The van der Waals surface area contributed by atoms with Crippen molar-refractivity contribution in [3.05, 3.63) is 193 Å². The van der Waals surface area contributed by atoms with Gasteiger partial charge in [0.2, 0.25) is 0 Å². The lowest BCUT2D eigenvalue weighted by molar-refractivity contribution is 1.17. The Morgan fingerprint density at radius 1 is 0.327 bits per heavy atom. The first-order chi connectivity index (χ1) is 38.3. The van der Waals surface area contributed by atoms with Crippen LogP contribution in [0.15, 0.2) is 193 Å². The van der Waals surface area contributed by atoms with E-state index in [2.05, 4.69) is 0 Å². The number of para-hydroxylation sites is 2. The fourth-order valence-corrected chi connectivity index (χ4v) is 6.43. The zero-order chi connectivity index (χ0) is 60.3. The van der Waals surface area contributed by atoms with Crippen molar-refractivity contribution in [3.8, 4) is 33.6 Å². The fraction of sp³-hybridized carbons (Fsp3) is 0. The molecule has 0 fully saturated rings. The van der Waals surface area contributed by atoms with Crippen LogP contribution in [0.2, 0.25) is 0 Å². The van der Waals surface area contributed by atoms with Crippen molar-refractivity contribution < 1.29 is 41.1 Å². The molecule has 0 aliphatic heterocycles. The van der Waals surface area contributed by atoms with Gasteiger partial charge in [0, 0.05) is 32.9 Å². The molecule has 0 atom stereocenters. The maximum absolute atomic E-state index is 10.0. The van der Waals surface area contributed by atoms with Crippen molar-refractivity contribution in [1.82, 2.24) is 9.13 Å². The number of hydrogen-bond acceptors (Lipinski definition) is 0. The lowest BCUT2D eigenvalue weighted by Gasteiger charge is -2.14. The number of aromatic nitrogens is 2. The Kier molecular flexibility index (Phi) is 2.63. The average Bonchev–Trinajstić information content (AvgIpc) is 2.58. The highest BCUT2D eigenvalue weighted by atomic mass is 15.0. The second kappa shape index (κ2) is 11.3. The van der Waals surface area contributed by atoms with Gasteiger partial charge in [-0.2, -0.15) is 0 Å². The van der Waals surface area contributed by atoms with Crippen LogP contribution in [0.25, 0.3) is 98.8 Å². The summed E-state index contributed by atoms with van der Waals surface area (Å²) < 4.78 is 273. The van der Waals surface area contributed by atoms with E-state index >= 15 is 0 Å². The van der Waals surface area contributed by atoms with Crippen LogP contribution in [0.3, 0.4) is 0 Å². The van der Waals surface area contributed by atoms with E-state index < -0.39 is 280 Å². The summed E-state index contributed by atoms with van der Waals surface area (Å²) in [5.74, 6) is 0. The fourth-order valence-electron chi connectivity index (χ4n) is 6.43.